The highest BCUT2D eigenvalue weighted by Crippen LogP contribution is 2.19. The minimum atomic E-state index is -0.108. The SMILES string of the molecule is Cc1ccccc1CCC(Br)Cc1ccccc1F. The minimum absolute atomic E-state index is 0.108. The second-order valence-corrected chi connectivity index (χ2v) is 6.15. The normalized spacial score (nSPS) is 12.4. The first kappa shape index (κ1) is 14.3. The molecule has 2 heteroatoms. The minimum Gasteiger partial charge on any atom is -0.207 e. The number of alkyl halides is 1. The van der Waals surface area contributed by atoms with E-state index in [-0.39, 0.29) is 5.82 Å². The van der Waals surface area contributed by atoms with Gasteiger partial charge >= 0.3 is 0 Å². The highest BCUT2D eigenvalue weighted by Gasteiger charge is 2.09. The van der Waals surface area contributed by atoms with Crippen molar-refractivity contribution in [2.24, 2.45) is 0 Å². The fraction of sp³-hybridized carbons (Fsp3) is 0.294. The van der Waals surface area contributed by atoms with Gasteiger partial charge in [-0.05, 0) is 48.9 Å². The van der Waals surface area contributed by atoms with Gasteiger partial charge in [0, 0.05) is 4.83 Å². The Bertz CT molecular complexity index is 536. The van der Waals surface area contributed by atoms with Gasteiger partial charge in [-0.1, -0.05) is 58.4 Å². The van der Waals surface area contributed by atoms with E-state index in [0.717, 1.165) is 24.8 Å². The van der Waals surface area contributed by atoms with Gasteiger partial charge in [0.1, 0.15) is 5.82 Å². The number of hydrogen-bond acceptors (Lipinski definition) is 0. The molecule has 0 bridgehead atoms. The van der Waals surface area contributed by atoms with Crippen molar-refractivity contribution in [2.75, 3.05) is 0 Å². The van der Waals surface area contributed by atoms with Crippen LogP contribution >= 0.6 is 15.9 Å². The van der Waals surface area contributed by atoms with E-state index in [1.165, 1.54) is 17.2 Å². The highest BCUT2D eigenvalue weighted by molar-refractivity contribution is 9.09. The molecule has 0 aliphatic carbocycles. The molecule has 100 valence electrons. The molecule has 0 heterocycles. The summed E-state index contributed by atoms with van der Waals surface area (Å²) >= 11 is 3.66. The average molecular weight is 321 g/mol. The monoisotopic (exact) mass is 320 g/mol. The van der Waals surface area contributed by atoms with Crippen LogP contribution in [0.5, 0.6) is 0 Å². The lowest BCUT2D eigenvalue weighted by Gasteiger charge is -2.11. The number of rotatable bonds is 5. The first-order chi connectivity index (χ1) is 9.16. The Hall–Kier alpha value is -1.15. The Morgan fingerprint density at radius 3 is 2.32 bits per heavy atom. The van der Waals surface area contributed by atoms with Crippen LogP contribution in [0.25, 0.3) is 0 Å². The van der Waals surface area contributed by atoms with Crippen LogP contribution in [-0.2, 0) is 12.8 Å². The molecule has 0 nitrogen and oxygen atoms in total. The van der Waals surface area contributed by atoms with E-state index in [2.05, 4.69) is 47.1 Å². The lowest BCUT2D eigenvalue weighted by Crippen LogP contribution is -2.06. The predicted octanol–water partition coefficient (Wildman–Crippen LogP) is 5.07. The van der Waals surface area contributed by atoms with Crippen molar-refractivity contribution in [3.8, 4) is 0 Å². The van der Waals surface area contributed by atoms with Crippen LogP contribution in [0.1, 0.15) is 23.1 Å². The molecule has 0 radical (unpaired) electrons. The first-order valence-corrected chi connectivity index (χ1v) is 7.50. The van der Waals surface area contributed by atoms with Crippen molar-refractivity contribution < 1.29 is 4.39 Å². The zero-order chi connectivity index (χ0) is 13.7. The fourth-order valence-electron chi connectivity index (χ4n) is 2.21. The van der Waals surface area contributed by atoms with Crippen LogP contribution in [0.4, 0.5) is 4.39 Å². The average Bonchev–Trinajstić information content (AvgIpc) is 2.40. The molecule has 2 aromatic carbocycles. The van der Waals surface area contributed by atoms with Crippen LogP contribution in [0, 0.1) is 12.7 Å². The van der Waals surface area contributed by atoms with E-state index in [1.54, 1.807) is 6.07 Å². The standard InChI is InChI=1S/C17H18BrF/c1-13-6-2-3-7-14(13)10-11-16(18)12-15-8-4-5-9-17(15)19/h2-9,16H,10-12H2,1H3. The van der Waals surface area contributed by atoms with Crippen molar-refractivity contribution in [2.45, 2.75) is 31.0 Å². The van der Waals surface area contributed by atoms with Crippen molar-refractivity contribution in [3.05, 3.63) is 71.0 Å². The topological polar surface area (TPSA) is 0 Å². The Balaban J connectivity index is 1.90. The van der Waals surface area contributed by atoms with Crippen LogP contribution in [0.15, 0.2) is 48.5 Å². The van der Waals surface area contributed by atoms with Crippen molar-refractivity contribution in [1.29, 1.82) is 0 Å². The fourth-order valence-corrected chi connectivity index (χ4v) is 2.79. The Morgan fingerprint density at radius 1 is 1.00 bits per heavy atom. The zero-order valence-electron chi connectivity index (χ0n) is 11.1. The molecule has 19 heavy (non-hydrogen) atoms. The summed E-state index contributed by atoms with van der Waals surface area (Å²) in [5.74, 6) is -0.108. The summed E-state index contributed by atoms with van der Waals surface area (Å²) in [5.41, 5.74) is 3.49. The van der Waals surface area contributed by atoms with Gasteiger partial charge in [0.15, 0.2) is 0 Å². The summed E-state index contributed by atoms with van der Waals surface area (Å²) in [6.07, 6.45) is 2.77. The third-order valence-corrected chi connectivity index (χ3v) is 4.17. The molecule has 0 aliphatic heterocycles. The number of hydrogen-bond donors (Lipinski definition) is 0. The molecule has 0 N–H and O–H groups in total. The number of benzene rings is 2. The summed E-state index contributed by atoms with van der Waals surface area (Å²) in [6, 6.07) is 15.4. The molecule has 0 amide bonds. The molecular formula is C17H18BrF. The van der Waals surface area contributed by atoms with E-state index in [4.69, 9.17) is 0 Å². The van der Waals surface area contributed by atoms with Crippen LogP contribution in [-0.4, -0.2) is 4.83 Å². The van der Waals surface area contributed by atoms with Gasteiger partial charge in [-0.15, -0.1) is 0 Å². The summed E-state index contributed by atoms with van der Waals surface area (Å²) < 4.78 is 13.6. The van der Waals surface area contributed by atoms with Crippen LogP contribution < -0.4 is 0 Å². The first-order valence-electron chi connectivity index (χ1n) is 6.59. The molecule has 0 saturated heterocycles. The smallest absolute Gasteiger partial charge is 0.126 e. The molecule has 0 aromatic heterocycles. The largest absolute Gasteiger partial charge is 0.207 e. The van der Waals surface area contributed by atoms with E-state index >= 15 is 0 Å². The molecular weight excluding hydrogens is 303 g/mol. The van der Waals surface area contributed by atoms with Crippen LogP contribution in [0.3, 0.4) is 0 Å². The molecule has 2 rings (SSSR count). The number of halogens is 2. The van der Waals surface area contributed by atoms with Gasteiger partial charge in [0.05, 0.1) is 0 Å². The van der Waals surface area contributed by atoms with Gasteiger partial charge in [-0.2, -0.15) is 0 Å². The molecule has 0 spiro atoms. The second-order valence-electron chi connectivity index (χ2n) is 4.86. The third kappa shape index (κ3) is 4.17. The van der Waals surface area contributed by atoms with Crippen molar-refractivity contribution >= 4 is 15.9 Å². The lowest BCUT2D eigenvalue weighted by molar-refractivity contribution is 0.603. The van der Waals surface area contributed by atoms with Crippen molar-refractivity contribution in [1.82, 2.24) is 0 Å². The maximum atomic E-state index is 13.6. The Morgan fingerprint density at radius 2 is 1.63 bits per heavy atom. The van der Waals surface area contributed by atoms with Gasteiger partial charge in [-0.3, -0.25) is 0 Å². The molecule has 1 unspecified atom stereocenters. The quantitative estimate of drug-likeness (QED) is 0.674. The number of aryl methyl sites for hydroxylation is 2. The van der Waals surface area contributed by atoms with E-state index in [1.807, 2.05) is 12.1 Å². The molecule has 0 aliphatic rings. The Kier molecular flexibility index (Phi) is 5.15. The summed E-state index contributed by atoms with van der Waals surface area (Å²) in [5, 5.41) is 0. The van der Waals surface area contributed by atoms with Gasteiger partial charge in [-0.25, -0.2) is 4.39 Å². The van der Waals surface area contributed by atoms with E-state index in [0.29, 0.717) is 4.83 Å². The maximum absolute atomic E-state index is 13.6. The summed E-state index contributed by atoms with van der Waals surface area (Å²) in [6.45, 7) is 2.13. The Labute approximate surface area is 122 Å². The third-order valence-electron chi connectivity index (χ3n) is 3.39. The lowest BCUT2D eigenvalue weighted by atomic mass is 10.0. The van der Waals surface area contributed by atoms with Crippen LogP contribution in [0.2, 0.25) is 0 Å². The molecule has 0 saturated carbocycles. The van der Waals surface area contributed by atoms with Gasteiger partial charge in [0.25, 0.3) is 0 Å². The summed E-state index contributed by atoms with van der Waals surface area (Å²) in [7, 11) is 0. The molecule has 2 aromatic rings. The van der Waals surface area contributed by atoms with E-state index in [9.17, 15) is 4.39 Å². The second kappa shape index (κ2) is 6.85. The summed E-state index contributed by atoms with van der Waals surface area (Å²) in [4.78, 5) is 0.309. The molecule has 1 atom stereocenters. The van der Waals surface area contributed by atoms with E-state index < -0.39 is 0 Å². The highest BCUT2D eigenvalue weighted by atomic mass is 79.9. The van der Waals surface area contributed by atoms with Gasteiger partial charge < -0.3 is 0 Å². The zero-order valence-corrected chi connectivity index (χ0v) is 12.7. The predicted molar refractivity (Wildman–Crippen MR) is 82.3 cm³/mol. The maximum Gasteiger partial charge on any atom is 0.126 e. The van der Waals surface area contributed by atoms with Crippen molar-refractivity contribution in [3.63, 3.8) is 0 Å². The van der Waals surface area contributed by atoms with Gasteiger partial charge in [0.2, 0.25) is 0 Å². The molecule has 0 fully saturated rings.